The van der Waals surface area contributed by atoms with Crippen molar-refractivity contribution in [2.24, 2.45) is 0 Å². The van der Waals surface area contributed by atoms with Crippen molar-refractivity contribution in [3.05, 3.63) is 75.9 Å². The fourth-order valence-corrected chi connectivity index (χ4v) is 2.59. The van der Waals surface area contributed by atoms with E-state index in [9.17, 15) is 9.90 Å². The standard InChI is InChI=1S/C18H12BrNO2/c19-13-7-9-17-15(10-13)16(18(21)22)11-14(20-17)8-6-12-4-2-1-3-5-12/h1-11H,(H,21,22). The zero-order valence-electron chi connectivity index (χ0n) is 11.5. The van der Waals surface area contributed by atoms with Crippen molar-refractivity contribution in [3.8, 4) is 0 Å². The Labute approximate surface area is 136 Å². The number of aromatic nitrogens is 1. The Morgan fingerprint density at radius 2 is 1.82 bits per heavy atom. The summed E-state index contributed by atoms with van der Waals surface area (Å²) in [5, 5.41) is 10.0. The molecular formula is C18H12BrNO2. The first-order valence-electron chi connectivity index (χ1n) is 6.70. The SMILES string of the molecule is O=C(O)c1cc(C=Cc2ccccc2)nc2ccc(Br)cc12. The summed E-state index contributed by atoms with van der Waals surface area (Å²) in [5.41, 5.74) is 2.57. The quantitative estimate of drug-likeness (QED) is 0.730. The highest BCUT2D eigenvalue weighted by molar-refractivity contribution is 9.10. The maximum absolute atomic E-state index is 11.5. The van der Waals surface area contributed by atoms with Gasteiger partial charge in [0.05, 0.1) is 16.8 Å². The molecule has 0 saturated heterocycles. The third-order valence-electron chi connectivity index (χ3n) is 3.27. The number of halogens is 1. The predicted octanol–water partition coefficient (Wildman–Crippen LogP) is 4.87. The fourth-order valence-electron chi connectivity index (χ4n) is 2.23. The number of rotatable bonds is 3. The molecule has 0 unspecified atom stereocenters. The van der Waals surface area contributed by atoms with E-state index in [-0.39, 0.29) is 5.56 Å². The molecule has 1 N–H and O–H groups in total. The summed E-state index contributed by atoms with van der Waals surface area (Å²) in [5.74, 6) is -0.958. The Morgan fingerprint density at radius 1 is 1.05 bits per heavy atom. The highest BCUT2D eigenvalue weighted by atomic mass is 79.9. The van der Waals surface area contributed by atoms with Crippen molar-refractivity contribution in [2.75, 3.05) is 0 Å². The molecule has 4 heteroatoms. The van der Waals surface area contributed by atoms with Crippen molar-refractivity contribution in [3.63, 3.8) is 0 Å². The topological polar surface area (TPSA) is 50.2 Å². The molecule has 2 aromatic carbocycles. The van der Waals surface area contributed by atoms with Crippen LogP contribution in [0.4, 0.5) is 0 Å². The number of fused-ring (bicyclic) bond motifs is 1. The van der Waals surface area contributed by atoms with Crippen LogP contribution in [0.5, 0.6) is 0 Å². The van der Waals surface area contributed by atoms with Crippen LogP contribution in [0.25, 0.3) is 23.1 Å². The number of carbonyl (C=O) groups is 1. The van der Waals surface area contributed by atoms with Gasteiger partial charge in [-0.05, 0) is 35.9 Å². The highest BCUT2D eigenvalue weighted by Gasteiger charge is 2.11. The lowest BCUT2D eigenvalue weighted by Crippen LogP contribution is -2.00. The molecule has 1 heterocycles. The largest absolute Gasteiger partial charge is 0.478 e. The van der Waals surface area contributed by atoms with Gasteiger partial charge >= 0.3 is 5.97 Å². The van der Waals surface area contributed by atoms with Gasteiger partial charge in [0, 0.05) is 9.86 Å². The second-order valence-electron chi connectivity index (χ2n) is 4.81. The van der Waals surface area contributed by atoms with Crippen LogP contribution in [0.3, 0.4) is 0 Å². The molecule has 3 aromatic rings. The summed E-state index contributed by atoms with van der Waals surface area (Å²) < 4.78 is 0.830. The number of nitrogens with zero attached hydrogens (tertiary/aromatic N) is 1. The van der Waals surface area contributed by atoms with Crippen LogP contribution in [-0.2, 0) is 0 Å². The second kappa shape index (κ2) is 6.12. The first kappa shape index (κ1) is 14.5. The van der Waals surface area contributed by atoms with Gasteiger partial charge in [0.1, 0.15) is 0 Å². The van der Waals surface area contributed by atoms with E-state index in [0.29, 0.717) is 16.6 Å². The zero-order valence-corrected chi connectivity index (χ0v) is 13.1. The summed E-state index contributed by atoms with van der Waals surface area (Å²) in [7, 11) is 0. The Hall–Kier alpha value is -2.46. The molecule has 0 saturated carbocycles. The molecular weight excluding hydrogens is 342 g/mol. The minimum atomic E-state index is -0.958. The molecule has 0 atom stereocenters. The van der Waals surface area contributed by atoms with Crippen molar-refractivity contribution in [1.82, 2.24) is 4.98 Å². The van der Waals surface area contributed by atoms with E-state index < -0.39 is 5.97 Å². The van der Waals surface area contributed by atoms with E-state index in [1.165, 1.54) is 0 Å². The van der Waals surface area contributed by atoms with Gasteiger partial charge in [0.2, 0.25) is 0 Å². The summed E-state index contributed by atoms with van der Waals surface area (Å²) >= 11 is 3.36. The fraction of sp³-hybridized carbons (Fsp3) is 0. The van der Waals surface area contributed by atoms with Gasteiger partial charge in [0.25, 0.3) is 0 Å². The van der Waals surface area contributed by atoms with Crippen LogP contribution in [0, 0.1) is 0 Å². The average Bonchev–Trinajstić information content (AvgIpc) is 2.53. The van der Waals surface area contributed by atoms with Crippen LogP contribution in [0.15, 0.2) is 59.1 Å². The molecule has 0 bridgehead atoms. The van der Waals surface area contributed by atoms with Crippen LogP contribution >= 0.6 is 15.9 Å². The lowest BCUT2D eigenvalue weighted by atomic mass is 10.1. The maximum atomic E-state index is 11.5. The van der Waals surface area contributed by atoms with Crippen molar-refractivity contribution in [2.45, 2.75) is 0 Å². The first-order valence-corrected chi connectivity index (χ1v) is 7.49. The van der Waals surface area contributed by atoms with Crippen LogP contribution in [0.2, 0.25) is 0 Å². The van der Waals surface area contributed by atoms with E-state index in [2.05, 4.69) is 20.9 Å². The van der Waals surface area contributed by atoms with E-state index in [1.807, 2.05) is 54.6 Å². The number of hydrogen-bond donors (Lipinski definition) is 1. The van der Waals surface area contributed by atoms with Crippen LogP contribution in [-0.4, -0.2) is 16.1 Å². The highest BCUT2D eigenvalue weighted by Crippen LogP contribution is 2.23. The van der Waals surface area contributed by atoms with E-state index in [1.54, 1.807) is 12.1 Å². The Bertz CT molecular complexity index is 873. The van der Waals surface area contributed by atoms with Gasteiger partial charge < -0.3 is 5.11 Å². The molecule has 0 fully saturated rings. The normalized spacial score (nSPS) is 11.1. The second-order valence-corrected chi connectivity index (χ2v) is 5.72. The van der Waals surface area contributed by atoms with E-state index in [0.717, 1.165) is 10.0 Å². The summed E-state index contributed by atoms with van der Waals surface area (Å²) in [6.45, 7) is 0. The average molecular weight is 354 g/mol. The molecule has 0 aliphatic carbocycles. The molecule has 22 heavy (non-hydrogen) atoms. The van der Waals surface area contributed by atoms with Gasteiger partial charge in [-0.2, -0.15) is 0 Å². The number of carboxylic acid groups (broad SMARTS) is 1. The van der Waals surface area contributed by atoms with Gasteiger partial charge in [0.15, 0.2) is 0 Å². The predicted molar refractivity (Wildman–Crippen MR) is 91.8 cm³/mol. The van der Waals surface area contributed by atoms with Crippen molar-refractivity contribution >= 4 is 45.0 Å². The Morgan fingerprint density at radius 3 is 2.55 bits per heavy atom. The number of benzene rings is 2. The van der Waals surface area contributed by atoms with Gasteiger partial charge in [-0.25, -0.2) is 9.78 Å². The molecule has 1 aromatic heterocycles. The number of hydrogen-bond acceptors (Lipinski definition) is 2. The van der Waals surface area contributed by atoms with Gasteiger partial charge in [-0.15, -0.1) is 0 Å². The molecule has 0 amide bonds. The zero-order chi connectivity index (χ0) is 15.5. The lowest BCUT2D eigenvalue weighted by Gasteiger charge is -2.05. The van der Waals surface area contributed by atoms with Crippen LogP contribution < -0.4 is 0 Å². The van der Waals surface area contributed by atoms with E-state index in [4.69, 9.17) is 0 Å². The summed E-state index contributed by atoms with van der Waals surface area (Å²) in [6.07, 6.45) is 3.74. The third kappa shape index (κ3) is 3.07. The molecule has 0 spiro atoms. The van der Waals surface area contributed by atoms with Crippen LogP contribution in [0.1, 0.15) is 21.6 Å². The van der Waals surface area contributed by atoms with Gasteiger partial charge in [-0.1, -0.05) is 52.3 Å². The molecule has 3 nitrogen and oxygen atoms in total. The molecule has 0 radical (unpaired) electrons. The molecule has 0 aliphatic heterocycles. The molecule has 0 aliphatic rings. The number of aromatic carboxylic acids is 1. The Balaban J connectivity index is 2.09. The monoisotopic (exact) mass is 353 g/mol. The van der Waals surface area contributed by atoms with Crippen molar-refractivity contribution in [1.29, 1.82) is 0 Å². The van der Waals surface area contributed by atoms with Gasteiger partial charge in [-0.3, -0.25) is 0 Å². The third-order valence-corrected chi connectivity index (χ3v) is 3.76. The minimum Gasteiger partial charge on any atom is -0.478 e. The minimum absolute atomic E-state index is 0.249. The summed E-state index contributed by atoms with van der Waals surface area (Å²) in [6, 6.07) is 16.8. The summed E-state index contributed by atoms with van der Waals surface area (Å²) in [4.78, 5) is 16.0. The number of carboxylic acids is 1. The Kier molecular flexibility index (Phi) is 4.02. The molecule has 108 valence electrons. The number of pyridine rings is 1. The lowest BCUT2D eigenvalue weighted by molar-refractivity contribution is 0.0699. The first-order chi connectivity index (χ1) is 10.6. The van der Waals surface area contributed by atoms with E-state index >= 15 is 0 Å². The van der Waals surface area contributed by atoms with Crippen molar-refractivity contribution < 1.29 is 9.90 Å². The maximum Gasteiger partial charge on any atom is 0.336 e. The smallest absolute Gasteiger partial charge is 0.336 e. The molecule has 3 rings (SSSR count).